The molecule has 0 saturated carbocycles. The van der Waals surface area contributed by atoms with E-state index in [1.54, 1.807) is 11.3 Å². The van der Waals surface area contributed by atoms with Crippen LogP contribution in [0.25, 0.3) is 33.3 Å². The number of hydrogen-bond donors (Lipinski definition) is 0. The van der Waals surface area contributed by atoms with Crippen molar-refractivity contribution >= 4 is 33.8 Å². The highest BCUT2D eigenvalue weighted by Crippen LogP contribution is 2.34. The molecule has 0 bridgehead atoms. The van der Waals surface area contributed by atoms with E-state index >= 15 is 0 Å². The molecule has 0 fully saturated rings. The van der Waals surface area contributed by atoms with E-state index in [0.717, 1.165) is 27.4 Å². The van der Waals surface area contributed by atoms with Crippen LogP contribution in [0.15, 0.2) is 65.4 Å². The third-order valence-electron chi connectivity index (χ3n) is 4.47. The topological polar surface area (TPSA) is 12.9 Å². The predicted octanol–water partition coefficient (Wildman–Crippen LogP) is 7.41. The molecule has 0 aliphatic heterocycles. The van der Waals surface area contributed by atoms with E-state index in [9.17, 15) is 0 Å². The van der Waals surface area contributed by atoms with E-state index in [0.29, 0.717) is 5.92 Å². The van der Waals surface area contributed by atoms with Crippen LogP contribution in [0, 0.1) is 0 Å². The van der Waals surface area contributed by atoms with E-state index in [4.69, 9.17) is 16.6 Å². The normalized spacial score (nSPS) is 11.4. The molecule has 0 aliphatic carbocycles. The van der Waals surface area contributed by atoms with Crippen molar-refractivity contribution in [1.82, 2.24) is 4.98 Å². The molecule has 0 saturated heterocycles. The third-order valence-corrected chi connectivity index (χ3v) is 5.41. The first-order valence-electron chi connectivity index (χ1n) is 8.35. The summed E-state index contributed by atoms with van der Waals surface area (Å²) in [6, 6.07) is 19.0. The molecular weight excluding hydrogens is 346 g/mol. The summed E-state index contributed by atoms with van der Waals surface area (Å²) in [7, 11) is 0. The Morgan fingerprint density at radius 1 is 0.920 bits per heavy atom. The maximum Gasteiger partial charge on any atom is 0.0724 e. The molecular formula is C22H18ClNS. The van der Waals surface area contributed by atoms with Gasteiger partial charge in [0.2, 0.25) is 0 Å². The van der Waals surface area contributed by atoms with Crippen LogP contribution >= 0.6 is 22.9 Å². The smallest absolute Gasteiger partial charge is 0.0724 e. The van der Waals surface area contributed by atoms with Gasteiger partial charge in [-0.15, -0.1) is 0 Å². The van der Waals surface area contributed by atoms with Crippen LogP contribution in [0.4, 0.5) is 0 Å². The summed E-state index contributed by atoms with van der Waals surface area (Å²) in [5.41, 5.74) is 6.89. The Morgan fingerprint density at radius 2 is 1.72 bits per heavy atom. The lowest BCUT2D eigenvalue weighted by molar-refractivity contribution is 0.868. The van der Waals surface area contributed by atoms with Gasteiger partial charge in [-0.1, -0.05) is 43.6 Å². The number of nitrogens with zero attached hydrogens (tertiary/aromatic N) is 1. The van der Waals surface area contributed by atoms with Crippen molar-refractivity contribution in [2.45, 2.75) is 19.8 Å². The molecule has 0 spiro atoms. The van der Waals surface area contributed by atoms with Gasteiger partial charge in [-0.05, 0) is 64.4 Å². The van der Waals surface area contributed by atoms with E-state index in [1.807, 2.05) is 12.1 Å². The molecule has 1 nitrogen and oxygen atoms in total. The molecule has 0 radical (unpaired) electrons. The monoisotopic (exact) mass is 363 g/mol. The second-order valence-corrected chi connectivity index (χ2v) is 7.72. The lowest BCUT2D eigenvalue weighted by Crippen LogP contribution is -1.92. The Bertz CT molecular complexity index is 1020. The Morgan fingerprint density at radius 3 is 2.40 bits per heavy atom. The van der Waals surface area contributed by atoms with Gasteiger partial charge in [0.25, 0.3) is 0 Å². The zero-order chi connectivity index (χ0) is 17.4. The molecule has 0 unspecified atom stereocenters. The first kappa shape index (κ1) is 16.3. The summed E-state index contributed by atoms with van der Waals surface area (Å²) < 4.78 is 0. The second kappa shape index (κ2) is 6.62. The molecule has 0 N–H and O–H groups in total. The van der Waals surface area contributed by atoms with Gasteiger partial charge in [-0.2, -0.15) is 11.3 Å². The highest BCUT2D eigenvalue weighted by molar-refractivity contribution is 7.08. The SMILES string of the molecule is CC(C)c1ccc2nc(-c3ccsc3)cc(-c3ccc(Cl)cc3)c2c1. The van der Waals surface area contributed by atoms with E-state index < -0.39 is 0 Å². The predicted molar refractivity (Wildman–Crippen MR) is 110 cm³/mol. The number of pyridine rings is 1. The van der Waals surface area contributed by atoms with Gasteiger partial charge < -0.3 is 0 Å². The minimum atomic E-state index is 0.485. The molecule has 0 atom stereocenters. The summed E-state index contributed by atoms with van der Waals surface area (Å²) in [6.45, 7) is 4.44. The first-order valence-corrected chi connectivity index (χ1v) is 9.67. The summed E-state index contributed by atoms with van der Waals surface area (Å²) >= 11 is 7.78. The number of thiophene rings is 1. The van der Waals surface area contributed by atoms with E-state index in [1.165, 1.54) is 16.5 Å². The Labute approximate surface area is 156 Å². The largest absolute Gasteiger partial charge is 0.248 e. The van der Waals surface area contributed by atoms with Crippen molar-refractivity contribution in [3.8, 4) is 22.4 Å². The highest BCUT2D eigenvalue weighted by Gasteiger charge is 2.11. The van der Waals surface area contributed by atoms with Crippen molar-refractivity contribution in [3.05, 3.63) is 75.9 Å². The Balaban J connectivity index is 2.01. The van der Waals surface area contributed by atoms with Crippen LogP contribution in [-0.4, -0.2) is 4.98 Å². The molecule has 25 heavy (non-hydrogen) atoms. The summed E-state index contributed by atoms with van der Waals surface area (Å²) in [4.78, 5) is 4.90. The molecule has 124 valence electrons. The minimum Gasteiger partial charge on any atom is -0.248 e. The third kappa shape index (κ3) is 3.20. The van der Waals surface area contributed by atoms with Gasteiger partial charge in [0, 0.05) is 21.4 Å². The number of benzene rings is 2. The van der Waals surface area contributed by atoms with Crippen molar-refractivity contribution in [2.75, 3.05) is 0 Å². The van der Waals surface area contributed by atoms with Gasteiger partial charge in [-0.25, -0.2) is 4.98 Å². The second-order valence-electron chi connectivity index (χ2n) is 6.51. The fourth-order valence-corrected chi connectivity index (χ4v) is 3.80. The maximum atomic E-state index is 6.09. The van der Waals surface area contributed by atoms with Crippen LogP contribution in [-0.2, 0) is 0 Å². The van der Waals surface area contributed by atoms with Crippen LogP contribution in [0.2, 0.25) is 5.02 Å². The number of rotatable bonds is 3. The van der Waals surface area contributed by atoms with Crippen LogP contribution in [0.3, 0.4) is 0 Å². The lowest BCUT2D eigenvalue weighted by Gasteiger charge is -2.13. The number of fused-ring (bicyclic) bond motifs is 1. The Kier molecular flexibility index (Phi) is 4.32. The number of hydrogen-bond acceptors (Lipinski definition) is 2. The average Bonchev–Trinajstić information content (AvgIpc) is 3.15. The van der Waals surface area contributed by atoms with Gasteiger partial charge in [0.05, 0.1) is 11.2 Å². The molecule has 2 aromatic heterocycles. The zero-order valence-corrected chi connectivity index (χ0v) is 15.7. The fourth-order valence-electron chi connectivity index (χ4n) is 3.03. The lowest BCUT2D eigenvalue weighted by atomic mass is 9.95. The van der Waals surface area contributed by atoms with E-state index in [-0.39, 0.29) is 0 Å². The number of aromatic nitrogens is 1. The molecule has 4 rings (SSSR count). The standard InChI is InChI=1S/C22H18ClNS/c1-14(2)16-5-8-21-20(11-16)19(15-3-6-18(23)7-4-15)12-22(24-21)17-9-10-25-13-17/h3-14H,1-2H3. The molecule has 2 aromatic carbocycles. The molecule has 3 heteroatoms. The minimum absolute atomic E-state index is 0.485. The molecule has 4 aromatic rings. The van der Waals surface area contributed by atoms with Gasteiger partial charge in [-0.3, -0.25) is 0 Å². The van der Waals surface area contributed by atoms with Crippen LogP contribution in [0.5, 0.6) is 0 Å². The first-order chi connectivity index (χ1) is 12.1. The van der Waals surface area contributed by atoms with Crippen molar-refractivity contribution in [3.63, 3.8) is 0 Å². The van der Waals surface area contributed by atoms with Crippen LogP contribution < -0.4 is 0 Å². The molecule has 2 heterocycles. The summed E-state index contributed by atoms with van der Waals surface area (Å²) in [5.74, 6) is 0.485. The summed E-state index contributed by atoms with van der Waals surface area (Å²) in [5, 5.41) is 6.17. The van der Waals surface area contributed by atoms with E-state index in [2.05, 4.69) is 67.1 Å². The zero-order valence-electron chi connectivity index (χ0n) is 14.2. The van der Waals surface area contributed by atoms with Crippen molar-refractivity contribution in [2.24, 2.45) is 0 Å². The molecule has 0 amide bonds. The summed E-state index contributed by atoms with van der Waals surface area (Å²) in [6.07, 6.45) is 0. The van der Waals surface area contributed by atoms with Crippen molar-refractivity contribution < 1.29 is 0 Å². The maximum absolute atomic E-state index is 6.09. The van der Waals surface area contributed by atoms with Gasteiger partial charge >= 0.3 is 0 Å². The van der Waals surface area contributed by atoms with Gasteiger partial charge in [0.15, 0.2) is 0 Å². The fraction of sp³-hybridized carbons (Fsp3) is 0.136. The van der Waals surface area contributed by atoms with Crippen LogP contribution in [0.1, 0.15) is 25.3 Å². The molecule has 0 aliphatic rings. The number of halogens is 1. The Hall–Kier alpha value is -2.16. The van der Waals surface area contributed by atoms with Crippen molar-refractivity contribution in [1.29, 1.82) is 0 Å². The average molecular weight is 364 g/mol. The quantitative estimate of drug-likeness (QED) is 0.369. The van der Waals surface area contributed by atoms with Gasteiger partial charge in [0.1, 0.15) is 0 Å². The highest BCUT2D eigenvalue weighted by atomic mass is 35.5.